The minimum absolute atomic E-state index is 0.196. The molecule has 1 aromatic rings. The van der Waals surface area contributed by atoms with Crippen LogP contribution in [0.5, 0.6) is 0 Å². The van der Waals surface area contributed by atoms with Gasteiger partial charge in [0.05, 0.1) is 7.57 Å². The second-order valence-electron chi connectivity index (χ2n) is 5.01. The maximum Gasteiger partial charge on any atom is 0.0758 e. The van der Waals surface area contributed by atoms with Crippen LogP contribution < -0.4 is 5.73 Å². The van der Waals surface area contributed by atoms with Crippen LogP contribution in [-0.2, 0) is 0 Å². The second kappa shape index (κ2) is 6.18. The first-order valence-electron chi connectivity index (χ1n) is 6.32. The number of rotatable bonds is 3. The van der Waals surface area contributed by atoms with E-state index in [0.717, 1.165) is 9.70 Å². The molecule has 1 heterocycles. The Morgan fingerprint density at radius 3 is 2.82 bits per heavy atom. The summed E-state index contributed by atoms with van der Waals surface area (Å²) in [5, 5.41) is 0. The van der Waals surface area contributed by atoms with Gasteiger partial charge in [-0.1, -0.05) is 26.2 Å². The van der Waals surface area contributed by atoms with Crippen molar-refractivity contribution in [3.8, 4) is 0 Å². The number of nitrogens with two attached hydrogens (primary N) is 1. The summed E-state index contributed by atoms with van der Waals surface area (Å²) in [5.74, 6) is 1.55. The SMILES string of the molecule is CCC1CCCC(C(N)c2cc(Br)sc2Br)C1. The third kappa shape index (κ3) is 3.34. The second-order valence-corrected chi connectivity index (χ2v) is 8.76. The van der Waals surface area contributed by atoms with Gasteiger partial charge < -0.3 is 5.73 Å². The van der Waals surface area contributed by atoms with Crippen LogP contribution >= 0.6 is 43.2 Å². The Balaban J connectivity index is 2.08. The summed E-state index contributed by atoms with van der Waals surface area (Å²) < 4.78 is 2.35. The van der Waals surface area contributed by atoms with E-state index in [-0.39, 0.29) is 6.04 Å². The van der Waals surface area contributed by atoms with Gasteiger partial charge in [-0.2, -0.15) is 0 Å². The Labute approximate surface area is 124 Å². The summed E-state index contributed by atoms with van der Waals surface area (Å²) >= 11 is 8.88. The molecular formula is C13H19Br2NS. The zero-order chi connectivity index (χ0) is 12.4. The fourth-order valence-electron chi connectivity index (χ4n) is 2.86. The first-order valence-corrected chi connectivity index (χ1v) is 8.72. The summed E-state index contributed by atoms with van der Waals surface area (Å²) in [6, 6.07) is 2.37. The third-order valence-electron chi connectivity index (χ3n) is 3.95. The van der Waals surface area contributed by atoms with Gasteiger partial charge in [-0.3, -0.25) is 0 Å². The lowest BCUT2D eigenvalue weighted by atomic mass is 9.76. The quantitative estimate of drug-likeness (QED) is 0.736. The van der Waals surface area contributed by atoms with Gasteiger partial charge in [0.15, 0.2) is 0 Å². The Bertz CT molecular complexity index is 377. The lowest BCUT2D eigenvalue weighted by Crippen LogP contribution is -2.26. The Morgan fingerprint density at radius 1 is 1.47 bits per heavy atom. The number of hydrogen-bond donors (Lipinski definition) is 1. The molecule has 17 heavy (non-hydrogen) atoms. The van der Waals surface area contributed by atoms with Crippen molar-refractivity contribution in [1.29, 1.82) is 0 Å². The minimum Gasteiger partial charge on any atom is -0.324 e. The standard InChI is InChI=1S/C13H19Br2NS/c1-2-8-4-3-5-9(6-8)12(16)10-7-11(14)17-13(10)15/h7-9,12H,2-6,16H2,1H3. The van der Waals surface area contributed by atoms with Gasteiger partial charge in [0.25, 0.3) is 0 Å². The van der Waals surface area contributed by atoms with Gasteiger partial charge in [0, 0.05) is 6.04 Å². The van der Waals surface area contributed by atoms with Crippen molar-refractivity contribution in [2.45, 2.75) is 45.1 Å². The minimum atomic E-state index is 0.196. The zero-order valence-electron chi connectivity index (χ0n) is 10.1. The van der Waals surface area contributed by atoms with Crippen molar-refractivity contribution in [2.75, 3.05) is 0 Å². The highest BCUT2D eigenvalue weighted by Gasteiger charge is 2.28. The molecule has 0 radical (unpaired) electrons. The molecule has 2 N–H and O–H groups in total. The molecule has 3 unspecified atom stereocenters. The van der Waals surface area contributed by atoms with E-state index in [1.807, 2.05) is 0 Å². The molecule has 0 spiro atoms. The molecule has 0 amide bonds. The lowest BCUT2D eigenvalue weighted by molar-refractivity contribution is 0.230. The summed E-state index contributed by atoms with van der Waals surface area (Å²) in [7, 11) is 0. The molecule has 0 saturated heterocycles. The maximum atomic E-state index is 6.46. The monoisotopic (exact) mass is 379 g/mol. The lowest BCUT2D eigenvalue weighted by Gasteiger charge is -2.32. The first kappa shape index (κ1) is 14.0. The molecule has 3 atom stereocenters. The topological polar surface area (TPSA) is 26.0 Å². The third-order valence-corrected chi connectivity index (χ3v) is 6.34. The van der Waals surface area contributed by atoms with Crippen molar-refractivity contribution in [1.82, 2.24) is 0 Å². The first-order chi connectivity index (χ1) is 8.11. The van der Waals surface area contributed by atoms with Crippen molar-refractivity contribution in [3.05, 3.63) is 19.2 Å². The van der Waals surface area contributed by atoms with Gasteiger partial charge in [0.2, 0.25) is 0 Å². The molecule has 1 nitrogen and oxygen atoms in total. The van der Waals surface area contributed by atoms with Gasteiger partial charge >= 0.3 is 0 Å². The molecule has 0 bridgehead atoms. The van der Waals surface area contributed by atoms with Gasteiger partial charge in [0.1, 0.15) is 0 Å². The molecule has 1 aliphatic carbocycles. The molecule has 4 heteroatoms. The summed E-state index contributed by atoms with van der Waals surface area (Å²) in [5.41, 5.74) is 7.74. The van der Waals surface area contributed by atoms with E-state index in [9.17, 15) is 0 Å². The predicted octanol–water partition coefficient (Wildman–Crippen LogP) is 5.49. The van der Waals surface area contributed by atoms with E-state index in [2.05, 4.69) is 44.8 Å². The van der Waals surface area contributed by atoms with Crippen molar-refractivity contribution in [2.24, 2.45) is 17.6 Å². The summed E-state index contributed by atoms with van der Waals surface area (Å²) in [4.78, 5) is 0. The maximum absolute atomic E-state index is 6.46. The van der Waals surface area contributed by atoms with Crippen molar-refractivity contribution >= 4 is 43.2 Å². The Kier molecular flexibility index (Phi) is 5.10. The highest BCUT2D eigenvalue weighted by molar-refractivity contribution is 9.12. The zero-order valence-corrected chi connectivity index (χ0v) is 14.1. The van der Waals surface area contributed by atoms with E-state index in [0.29, 0.717) is 5.92 Å². The van der Waals surface area contributed by atoms with Crippen LogP contribution in [0.4, 0.5) is 0 Å². The largest absolute Gasteiger partial charge is 0.324 e. The van der Waals surface area contributed by atoms with Crippen LogP contribution in [0.1, 0.15) is 50.6 Å². The average molecular weight is 381 g/mol. The highest BCUT2D eigenvalue weighted by Crippen LogP contribution is 2.42. The van der Waals surface area contributed by atoms with Crippen LogP contribution in [0.2, 0.25) is 0 Å². The highest BCUT2D eigenvalue weighted by atomic mass is 79.9. The van der Waals surface area contributed by atoms with Gasteiger partial charge in [-0.15, -0.1) is 11.3 Å². The Morgan fingerprint density at radius 2 is 2.24 bits per heavy atom. The normalized spacial score (nSPS) is 27.1. The van der Waals surface area contributed by atoms with Crippen LogP contribution in [0.15, 0.2) is 13.6 Å². The van der Waals surface area contributed by atoms with E-state index in [1.54, 1.807) is 11.3 Å². The smallest absolute Gasteiger partial charge is 0.0758 e. The molecule has 2 rings (SSSR count). The van der Waals surface area contributed by atoms with Gasteiger partial charge in [-0.05, 0) is 68.2 Å². The molecule has 1 aliphatic rings. The van der Waals surface area contributed by atoms with Crippen LogP contribution in [-0.4, -0.2) is 0 Å². The van der Waals surface area contributed by atoms with Crippen molar-refractivity contribution < 1.29 is 0 Å². The molecule has 1 fully saturated rings. The molecule has 0 aliphatic heterocycles. The number of thiophene rings is 1. The average Bonchev–Trinajstić information content (AvgIpc) is 2.67. The fourth-order valence-corrected chi connectivity index (χ4v) is 5.82. The summed E-state index contributed by atoms with van der Waals surface area (Å²) in [6.07, 6.45) is 6.64. The molecule has 1 saturated carbocycles. The van der Waals surface area contributed by atoms with E-state index >= 15 is 0 Å². The molecule has 96 valence electrons. The van der Waals surface area contributed by atoms with E-state index in [1.165, 1.54) is 41.5 Å². The van der Waals surface area contributed by atoms with E-state index in [4.69, 9.17) is 5.73 Å². The van der Waals surface area contributed by atoms with Crippen LogP contribution in [0, 0.1) is 11.8 Å². The molecule has 0 aromatic carbocycles. The summed E-state index contributed by atoms with van der Waals surface area (Å²) in [6.45, 7) is 2.30. The van der Waals surface area contributed by atoms with Gasteiger partial charge in [-0.25, -0.2) is 0 Å². The van der Waals surface area contributed by atoms with Crippen molar-refractivity contribution in [3.63, 3.8) is 0 Å². The van der Waals surface area contributed by atoms with E-state index < -0.39 is 0 Å². The van der Waals surface area contributed by atoms with Crippen LogP contribution in [0.3, 0.4) is 0 Å². The fraction of sp³-hybridized carbons (Fsp3) is 0.692. The molecule has 1 aromatic heterocycles. The Hall–Kier alpha value is 0.620. The number of halogens is 2. The number of hydrogen-bond acceptors (Lipinski definition) is 2. The van der Waals surface area contributed by atoms with Crippen LogP contribution in [0.25, 0.3) is 0 Å². The molecular weight excluding hydrogens is 362 g/mol. The predicted molar refractivity (Wildman–Crippen MR) is 82.4 cm³/mol.